The van der Waals surface area contributed by atoms with Crippen LogP contribution in [0.2, 0.25) is 0 Å². The van der Waals surface area contributed by atoms with Crippen molar-refractivity contribution in [1.82, 2.24) is 4.57 Å². The van der Waals surface area contributed by atoms with Crippen molar-refractivity contribution in [2.75, 3.05) is 5.32 Å². The number of aliphatic carboxylic acids is 1. The molecule has 27 heavy (non-hydrogen) atoms. The average Bonchev–Trinajstić information content (AvgIpc) is 3.34. The highest BCUT2D eigenvalue weighted by Gasteiger charge is 2.39. The molecule has 1 aromatic heterocycles. The first kappa shape index (κ1) is 18.5. The van der Waals surface area contributed by atoms with E-state index in [-0.39, 0.29) is 0 Å². The van der Waals surface area contributed by atoms with Gasteiger partial charge in [-0.3, -0.25) is 5.41 Å². The molecule has 0 spiro atoms. The van der Waals surface area contributed by atoms with Crippen molar-refractivity contribution < 1.29 is 23.1 Å². The summed E-state index contributed by atoms with van der Waals surface area (Å²) in [4.78, 5) is 11.0. The van der Waals surface area contributed by atoms with Gasteiger partial charge in [0.1, 0.15) is 11.6 Å². The molecule has 1 fully saturated rings. The quantitative estimate of drug-likeness (QED) is 0.526. The fraction of sp³-hybridized carbons (Fsp3) is 0.278. The fourth-order valence-electron chi connectivity index (χ4n) is 2.75. The summed E-state index contributed by atoms with van der Waals surface area (Å²) in [6.45, 7) is 0.802. The van der Waals surface area contributed by atoms with E-state index in [0.29, 0.717) is 28.8 Å². The highest BCUT2D eigenvalue weighted by atomic mass is 19.4. The van der Waals surface area contributed by atoms with Crippen LogP contribution in [0.25, 0.3) is 10.9 Å². The number of halogens is 3. The van der Waals surface area contributed by atoms with Gasteiger partial charge in [-0.15, -0.1) is 0 Å². The topological polar surface area (TPSA) is 102 Å². The Balaban J connectivity index is 1.91. The predicted molar refractivity (Wildman–Crippen MR) is 92.5 cm³/mol. The number of benzene rings is 1. The van der Waals surface area contributed by atoms with E-state index in [4.69, 9.17) is 10.5 Å². The Hall–Kier alpha value is -3.28. The molecule has 3 N–H and O–H groups in total. The highest BCUT2D eigenvalue weighted by Crippen LogP contribution is 2.33. The lowest BCUT2D eigenvalue weighted by molar-refractivity contribution is -0.132. The van der Waals surface area contributed by atoms with Gasteiger partial charge in [0.2, 0.25) is 0 Å². The van der Waals surface area contributed by atoms with Crippen LogP contribution in [0.3, 0.4) is 0 Å². The van der Waals surface area contributed by atoms with Crippen molar-refractivity contribution in [2.45, 2.75) is 25.6 Å². The molecule has 0 bridgehead atoms. The molecule has 1 aliphatic rings. The van der Waals surface area contributed by atoms with Crippen LogP contribution >= 0.6 is 0 Å². The van der Waals surface area contributed by atoms with E-state index < -0.39 is 23.4 Å². The molecule has 1 heterocycles. The standard InChI is InChI=1S/C18H15F3N4O2/c19-18(20,21)16(23)14(17(26)27)7-24-12-3-4-15-13(5-12)11(6-22)9-25(15)8-10-1-2-10/h3-5,7,9-10,23-24H,1-2,8H2,(H,26,27)/b14-7+,23-16?. The first-order valence-corrected chi connectivity index (χ1v) is 8.10. The molecular weight excluding hydrogens is 361 g/mol. The summed E-state index contributed by atoms with van der Waals surface area (Å²) in [6, 6.07) is 6.98. The van der Waals surface area contributed by atoms with Crippen molar-refractivity contribution in [3.63, 3.8) is 0 Å². The van der Waals surface area contributed by atoms with E-state index in [1.807, 2.05) is 4.57 Å². The predicted octanol–water partition coefficient (Wildman–Crippen LogP) is 3.89. The number of nitrogens with zero attached hydrogens (tertiary/aromatic N) is 2. The van der Waals surface area contributed by atoms with E-state index in [1.54, 1.807) is 24.4 Å². The molecule has 0 saturated heterocycles. The Morgan fingerprint density at radius 2 is 2.15 bits per heavy atom. The van der Waals surface area contributed by atoms with E-state index in [0.717, 1.165) is 24.9 Å². The lowest BCUT2D eigenvalue weighted by atomic mass is 10.1. The Kier molecular flexibility index (Phi) is 4.66. The Morgan fingerprint density at radius 3 is 2.70 bits per heavy atom. The highest BCUT2D eigenvalue weighted by molar-refractivity contribution is 6.20. The van der Waals surface area contributed by atoms with Gasteiger partial charge in [0.05, 0.1) is 5.56 Å². The first-order valence-electron chi connectivity index (χ1n) is 8.10. The number of aromatic nitrogens is 1. The smallest absolute Gasteiger partial charge is 0.433 e. The molecule has 9 heteroatoms. The van der Waals surface area contributed by atoms with Gasteiger partial charge in [-0.2, -0.15) is 18.4 Å². The van der Waals surface area contributed by atoms with Crippen molar-refractivity contribution in [2.24, 2.45) is 5.92 Å². The minimum absolute atomic E-state index is 0.317. The Bertz CT molecular complexity index is 994. The zero-order chi connectivity index (χ0) is 19.8. The molecule has 0 unspecified atom stereocenters. The van der Waals surface area contributed by atoms with Gasteiger partial charge in [0.25, 0.3) is 0 Å². The van der Waals surface area contributed by atoms with Crippen molar-refractivity contribution in [3.05, 3.63) is 41.7 Å². The van der Waals surface area contributed by atoms with Crippen LogP contribution in [0.1, 0.15) is 18.4 Å². The SMILES string of the molecule is N#Cc1cn(CC2CC2)c2ccc(N/C=C(\C(=N)C(F)(F)F)C(=O)O)cc12. The number of carboxylic acids is 1. The van der Waals surface area contributed by atoms with Gasteiger partial charge in [0, 0.05) is 35.5 Å². The van der Waals surface area contributed by atoms with Crippen LogP contribution in [-0.4, -0.2) is 27.5 Å². The zero-order valence-electron chi connectivity index (χ0n) is 14.0. The summed E-state index contributed by atoms with van der Waals surface area (Å²) in [5.74, 6) is -1.27. The Labute approximate surface area is 152 Å². The van der Waals surface area contributed by atoms with Gasteiger partial charge < -0.3 is 15.0 Å². The number of hydrogen-bond donors (Lipinski definition) is 3. The monoisotopic (exact) mass is 376 g/mol. The minimum Gasteiger partial charge on any atom is -0.478 e. The average molecular weight is 376 g/mol. The molecule has 140 valence electrons. The van der Waals surface area contributed by atoms with Crippen molar-refractivity contribution >= 4 is 28.3 Å². The third-order valence-electron chi connectivity index (χ3n) is 4.32. The maximum absolute atomic E-state index is 12.6. The molecule has 1 aliphatic carbocycles. The third kappa shape index (κ3) is 3.95. The fourth-order valence-corrected chi connectivity index (χ4v) is 2.75. The first-order chi connectivity index (χ1) is 12.7. The third-order valence-corrected chi connectivity index (χ3v) is 4.32. The minimum atomic E-state index is -5.07. The molecule has 1 aromatic carbocycles. The maximum Gasteiger partial charge on any atom is 0.433 e. The lowest BCUT2D eigenvalue weighted by Crippen LogP contribution is -2.28. The molecule has 0 atom stereocenters. The maximum atomic E-state index is 12.6. The summed E-state index contributed by atoms with van der Waals surface area (Å²) < 4.78 is 39.8. The molecule has 2 aromatic rings. The summed E-state index contributed by atoms with van der Waals surface area (Å²) >= 11 is 0. The Morgan fingerprint density at radius 1 is 1.44 bits per heavy atom. The second kappa shape index (κ2) is 6.79. The van der Waals surface area contributed by atoms with Crippen molar-refractivity contribution in [1.29, 1.82) is 10.7 Å². The lowest BCUT2D eigenvalue weighted by Gasteiger charge is -2.10. The van der Waals surface area contributed by atoms with Crippen LogP contribution in [0.15, 0.2) is 36.2 Å². The molecule has 6 nitrogen and oxygen atoms in total. The molecule has 1 saturated carbocycles. The summed E-state index contributed by atoms with van der Waals surface area (Å²) in [7, 11) is 0. The summed E-state index contributed by atoms with van der Waals surface area (Å²) in [6.07, 6.45) is -0.398. The molecular formula is C18H15F3N4O2. The number of hydrogen-bond acceptors (Lipinski definition) is 4. The van der Waals surface area contributed by atoms with Gasteiger partial charge >= 0.3 is 12.1 Å². The van der Waals surface area contributed by atoms with Crippen LogP contribution in [0.4, 0.5) is 18.9 Å². The van der Waals surface area contributed by atoms with Gasteiger partial charge in [0.15, 0.2) is 5.71 Å². The second-order valence-electron chi connectivity index (χ2n) is 6.36. The van der Waals surface area contributed by atoms with Crippen LogP contribution in [0, 0.1) is 22.7 Å². The number of carboxylic acid groups (broad SMARTS) is 1. The van der Waals surface area contributed by atoms with E-state index >= 15 is 0 Å². The molecule has 0 radical (unpaired) electrons. The summed E-state index contributed by atoms with van der Waals surface area (Å²) in [5.41, 5.74) is -1.57. The normalized spacial score (nSPS) is 14.8. The number of alkyl halides is 3. The number of carbonyl (C=O) groups is 1. The summed E-state index contributed by atoms with van der Waals surface area (Å²) in [5, 5.41) is 28.4. The molecule has 3 rings (SSSR count). The number of fused-ring (bicyclic) bond motifs is 1. The van der Waals surface area contributed by atoms with Crippen LogP contribution in [0.5, 0.6) is 0 Å². The number of anilines is 1. The van der Waals surface area contributed by atoms with Crippen LogP contribution in [-0.2, 0) is 11.3 Å². The second-order valence-corrected chi connectivity index (χ2v) is 6.36. The van der Waals surface area contributed by atoms with E-state index in [9.17, 15) is 23.2 Å². The van der Waals surface area contributed by atoms with E-state index in [1.165, 1.54) is 0 Å². The van der Waals surface area contributed by atoms with Gasteiger partial charge in [-0.1, -0.05) is 0 Å². The largest absolute Gasteiger partial charge is 0.478 e. The molecule has 0 aliphatic heterocycles. The zero-order valence-corrected chi connectivity index (χ0v) is 14.0. The number of rotatable bonds is 6. The van der Waals surface area contributed by atoms with Crippen LogP contribution < -0.4 is 5.32 Å². The van der Waals surface area contributed by atoms with Gasteiger partial charge in [-0.25, -0.2) is 4.79 Å². The molecule has 0 amide bonds. The van der Waals surface area contributed by atoms with E-state index in [2.05, 4.69) is 11.4 Å². The van der Waals surface area contributed by atoms with Crippen molar-refractivity contribution in [3.8, 4) is 6.07 Å². The number of nitrogens with one attached hydrogen (secondary N) is 2. The van der Waals surface area contributed by atoms with Gasteiger partial charge in [-0.05, 0) is 37.0 Å². The number of nitriles is 1.